The third-order valence-corrected chi connectivity index (χ3v) is 5.08. The molecule has 2 heterocycles. The normalized spacial score (nSPS) is 13.5. The Morgan fingerprint density at radius 2 is 1.88 bits per heavy atom. The molecule has 8 heteroatoms. The van der Waals surface area contributed by atoms with Gasteiger partial charge in [-0.05, 0) is 31.2 Å². The van der Waals surface area contributed by atoms with Crippen molar-refractivity contribution in [2.24, 2.45) is 0 Å². The molecule has 0 saturated carbocycles. The number of aryl methyl sites for hydroxylation is 1. The second-order valence-corrected chi connectivity index (χ2v) is 6.50. The van der Waals surface area contributed by atoms with E-state index in [0.717, 1.165) is 42.5 Å². The van der Waals surface area contributed by atoms with E-state index < -0.39 is 17.6 Å². The third kappa shape index (κ3) is 2.98. The van der Waals surface area contributed by atoms with Crippen molar-refractivity contribution in [1.82, 2.24) is 9.97 Å². The van der Waals surface area contributed by atoms with E-state index in [-0.39, 0.29) is 5.69 Å². The number of hydrogen-bond acceptors (Lipinski definition) is 6. The van der Waals surface area contributed by atoms with Gasteiger partial charge in [0.25, 0.3) is 5.91 Å². The number of rotatable bonds is 3. The van der Waals surface area contributed by atoms with Crippen molar-refractivity contribution in [3.63, 3.8) is 0 Å². The van der Waals surface area contributed by atoms with Crippen LogP contribution in [0.4, 0.5) is 5.00 Å². The second-order valence-electron chi connectivity index (χ2n) is 5.39. The number of hydrogen-bond donors (Lipinski definition) is 2. The molecule has 1 aliphatic rings. The zero-order valence-corrected chi connectivity index (χ0v) is 13.5. The van der Waals surface area contributed by atoms with E-state index in [2.05, 4.69) is 21.4 Å². The smallest absolute Gasteiger partial charge is 0.356 e. The highest BCUT2D eigenvalue weighted by molar-refractivity contribution is 7.16. The molecule has 2 aromatic heterocycles. The Balaban J connectivity index is 1.94. The number of carbonyl (C=O) groups is 2. The maximum atomic E-state index is 12.4. The summed E-state index contributed by atoms with van der Waals surface area (Å²) in [5, 5.41) is 21.7. The summed E-state index contributed by atoms with van der Waals surface area (Å²) in [6.45, 7) is 0. The van der Waals surface area contributed by atoms with E-state index in [9.17, 15) is 14.9 Å². The van der Waals surface area contributed by atoms with Gasteiger partial charge >= 0.3 is 5.97 Å². The number of aromatic nitrogens is 2. The molecule has 0 unspecified atom stereocenters. The standard InChI is InChI=1S/C16H14N4O3S/c17-8-10-9-4-2-1-3-5-11(9)24-15(10)20-14(21)12-13(16(22)23)19-7-6-18-12/h6-7H,1-5H2,(H,20,21)(H,22,23). The molecule has 0 radical (unpaired) electrons. The Labute approximate surface area is 142 Å². The molecular weight excluding hydrogens is 328 g/mol. The van der Waals surface area contributed by atoms with Crippen LogP contribution in [0.3, 0.4) is 0 Å². The summed E-state index contributed by atoms with van der Waals surface area (Å²) in [4.78, 5) is 32.2. The summed E-state index contributed by atoms with van der Waals surface area (Å²) in [5.74, 6) is -2.00. The third-order valence-electron chi connectivity index (χ3n) is 3.88. The van der Waals surface area contributed by atoms with Gasteiger partial charge in [-0.1, -0.05) is 6.42 Å². The van der Waals surface area contributed by atoms with Crippen LogP contribution in [0, 0.1) is 11.3 Å². The average molecular weight is 342 g/mol. The lowest BCUT2D eigenvalue weighted by Gasteiger charge is -2.05. The molecule has 122 valence electrons. The van der Waals surface area contributed by atoms with Crippen LogP contribution < -0.4 is 5.32 Å². The molecule has 0 aliphatic heterocycles. The number of carbonyl (C=O) groups excluding carboxylic acids is 1. The molecule has 0 fully saturated rings. The van der Waals surface area contributed by atoms with Crippen LogP contribution in [-0.2, 0) is 12.8 Å². The van der Waals surface area contributed by atoms with E-state index in [4.69, 9.17) is 5.11 Å². The van der Waals surface area contributed by atoms with Crippen LogP contribution in [-0.4, -0.2) is 27.0 Å². The number of amides is 1. The molecule has 7 nitrogen and oxygen atoms in total. The fourth-order valence-corrected chi connectivity index (χ4v) is 4.01. The molecule has 0 spiro atoms. The van der Waals surface area contributed by atoms with Gasteiger partial charge in [-0.2, -0.15) is 5.26 Å². The van der Waals surface area contributed by atoms with E-state index >= 15 is 0 Å². The lowest BCUT2D eigenvalue weighted by Crippen LogP contribution is -2.19. The monoisotopic (exact) mass is 342 g/mol. The number of anilines is 1. The number of fused-ring (bicyclic) bond motifs is 1. The first kappa shape index (κ1) is 16.1. The van der Waals surface area contributed by atoms with Crippen molar-refractivity contribution < 1.29 is 14.7 Å². The molecule has 2 aromatic rings. The SMILES string of the molecule is N#Cc1c(NC(=O)c2nccnc2C(=O)O)sc2c1CCCCC2. The van der Waals surface area contributed by atoms with E-state index in [1.54, 1.807) is 0 Å². The summed E-state index contributed by atoms with van der Waals surface area (Å²) in [6.07, 6.45) is 7.43. The number of carboxylic acids is 1. The maximum absolute atomic E-state index is 12.4. The van der Waals surface area contributed by atoms with Crippen LogP contribution in [0.5, 0.6) is 0 Å². The molecule has 3 rings (SSSR count). The number of carboxylic acid groups (broad SMARTS) is 1. The van der Waals surface area contributed by atoms with Crippen LogP contribution in [0.25, 0.3) is 0 Å². The van der Waals surface area contributed by atoms with Crippen molar-refractivity contribution in [2.45, 2.75) is 32.1 Å². The Morgan fingerprint density at radius 1 is 1.17 bits per heavy atom. The van der Waals surface area contributed by atoms with Gasteiger partial charge in [0.05, 0.1) is 5.56 Å². The zero-order chi connectivity index (χ0) is 17.1. The minimum Gasteiger partial charge on any atom is -0.476 e. The quantitative estimate of drug-likeness (QED) is 0.828. The van der Waals surface area contributed by atoms with Gasteiger partial charge in [0, 0.05) is 17.3 Å². The van der Waals surface area contributed by atoms with Gasteiger partial charge in [-0.3, -0.25) is 4.79 Å². The van der Waals surface area contributed by atoms with E-state index in [1.807, 2.05) is 0 Å². The molecular formula is C16H14N4O3S. The van der Waals surface area contributed by atoms with Crippen molar-refractivity contribution in [3.05, 3.63) is 39.8 Å². The van der Waals surface area contributed by atoms with Gasteiger partial charge in [-0.15, -0.1) is 11.3 Å². The molecule has 0 aromatic carbocycles. The number of aromatic carboxylic acids is 1. The minimum absolute atomic E-state index is 0.266. The first-order chi connectivity index (χ1) is 11.6. The zero-order valence-electron chi connectivity index (χ0n) is 12.7. The lowest BCUT2D eigenvalue weighted by molar-refractivity contribution is 0.0685. The van der Waals surface area contributed by atoms with E-state index in [0.29, 0.717) is 10.6 Å². The van der Waals surface area contributed by atoms with Gasteiger partial charge in [0.15, 0.2) is 11.4 Å². The topological polar surface area (TPSA) is 116 Å². The predicted molar refractivity (Wildman–Crippen MR) is 87.2 cm³/mol. The summed E-state index contributed by atoms with van der Waals surface area (Å²) in [5.41, 5.74) is 0.808. The molecule has 0 bridgehead atoms. The van der Waals surface area contributed by atoms with Gasteiger partial charge in [-0.25, -0.2) is 14.8 Å². The largest absolute Gasteiger partial charge is 0.476 e. The maximum Gasteiger partial charge on any atom is 0.356 e. The number of nitriles is 1. The highest BCUT2D eigenvalue weighted by atomic mass is 32.1. The second kappa shape index (κ2) is 6.76. The highest BCUT2D eigenvalue weighted by Crippen LogP contribution is 2.37. The van der Waals surface area contributed by atoms with Crippen molar-refractivity contribution in [3.8, 4) is 6.07 Å². The average Bonchev–Trinajstić information content (AvgIpc) is 2.74. The summed E-state index contributed by atoms with van der Waals surface area (Å²) in [6, 6.07) is 2.17. The van der Waals surface area contributed by atoms with Gasteiger partial charge in [0.1, 0.15) is 11.1 Å². The first-order valence-electron chi connectivity index (χ1n) is 7.52. The Morgan fingerprint density at radius 3 is 2.58 bits per heavy atom. The first-order valence-corrected chi connectivity index (χ1v) is 8.33. The summed E-state index contributed by atoms with van der Waals surface area (Å²) < 4.78 is 0. The molecule has 1 amide bonds. The fourth-order valence-electron chi connectivity index (χ4n) is 2.77. The van der Waals surface area contributed by atoms with Crippen molar-refractivity contribution in [2.75, 3.05) is 5.32 Å². The summed E-state index contributed by atoms with van der Waals surface area (Å²) in [7, 11) is 0. The lowest BCUT2D eigenvalue weighted by atomic mass is 10.1. The Kier molecular flexibility index (Phi) is 4.53. The van der Waals surface area contributed by atoms with Crippen LogP contribution in [0.15, 0.2) is 12.4 Å². The number of thiophene rings is 1. The Bertz CT molecular complexity index is 853. The molecule has 0 atom stereocenters. The molecule has 2 N–H and O–H groups in total. The fraction of sp³-hybridized carbons (Fsp3) is 0.312. The van der Waals surface area contributed by atoms with E-state index in [1.165, 1.54) is 23.7 Å². The van der Waals surface area contributed by atoms with Crippen LogP contribution in [0.2, 0.25) is 0 Å². The Hall–Kier alpha value is -2.79. The summed E-state index contributed by atoms with van der Waals surface area (Å²) >= 11 is 1.39. The van der Waals surface area contributed by atoms with Gasteiger partial charge in [0.2, 0.25) is 0 Å². The number of nitrogens with zero attached hydrogens (tertiary/aromatic N) is 3. The predicted octanol–water partition coefficient (Wildman–Crippen LogP) is 2.63. The van der Waals surface area contributed by atoms with Crippen molar-refractivity contribution in [1.29, 1.82) is 5.26 Å². The molecule has 0 saturated heterocycles. The molecule has 24 heavy (non-hydrogen) atoms. The van der Waals surface area contributed by atoms with Crippen LogP contribution >= 0.6 is 11.3 Å². The minimum atomic E-state index is -1.32. The molecule has 1 aliphatic carbocycles. The number of nitrogens with one attached hydrogen (secondary N) is 1. The highest BCUT2D eigenvalue weighted by Gasteiger charge is 2.24. The van der Waals surface area contributed by atoms with Crippen molar-refractivity contribution >= 4 is 28.2 Å². The van der Waals surface area contributed by atoms with Crippen LogP contribution in [0.1, 0.15) is 56.2 Å². The van der Waals surface area contributed by atoms with Gasteiger partial charge < -0.3 is 10.4 Å².